The van der Waals surface area contributed by atoms with Crippen molar-refractivity contribution in [2.45, 2.75) is 25.8 Å². The van der Waals surface area contributed by atoms with E-state index in [0.717, 1.165) is 0 Å². The van der Waals surface area contributed by atoms with Gasteiger partial charge in [-0.1, -0.05) is 11.6 Å². The lowest BCUT2D eigenvalue weighted by molar-refractivity contribution is 0.0676. The van der Waals surface area contributed by atoms with Crippen molar-refractivity contribution in [2.24, 2.45) is 11.7 Å². The fourth-order valence-corrected chi connectivity index (χ4v) is 3.65. The third kappa shape index (κ3) is 3.84. The molecule has 2 heterocycles. The number of likely N-dealkylation sites (tertiary alicyclic amines) is 1. The van der Waals surface area contributed by atoms with Crippen LogP contribution in [0.25, 0.3) is 0 Å². The average molecular weight is 394 g/mol. The van der Waals surface area contributed by atoms with Gasteiger partial charge in [-0.05, 0) is 43.4 Å². The molecule has 0 unspecified atom stereocenters. The summed E-state index contributed by atoms with van der Waals surface area (Å²) in [5.74, 6) is -1.16. The number of hydrogen-bond donors (Lipinski definition) is 3. The standard InChI is InChI=1S/C19H21ClFN3O3/c1-10-8-13(25)15(17(21)16(10)20)18(22)11-4-6-24(7-5-11)19(27)12-2-3-14(26)23-9-12/h2-3,8-9,11,18,25H,4-7,22H2,1H3,(H,23,26)/t18-/m1/s1. The van der Waals surface area contributed by atoms with Crippen molar-refractivity contribution >= 4 is 17.5 Å². The maximum Gasteiger partial charge on any atom is 0.255 e. The summed E-state index contributed by atoms with van der Waals surface area (Å²) in [6, 6.07) is 3.49. The van der Waals surface area contributed by atoms with Gasteiger partial charge in [0.1, 0.15) is 5.75 Å². The quantitative estimate of drug-likeness (QED) is 0.746. The largest absolute Gasteiger partial charge is 0.507 e. The molecule has 1 fully saturated rings. The minimum absolute atomic E-state index is 0.0241. The molecule has 0 saturated carbocycles. The number of aromatic hydroxyl groups is 1. The van der Waals surface area contributed by atoms with Crippen molar-refractivity contribution in [3.63, 3.8) is 0 Å². The summed E-state index contributed by atoms with van der Waals surface area (Å²) in [6.45, 7) is 2.53. The number of nitrogens with one attached hydrogen (secondary N) is 1. The SMILES string of the molecule is Cc1cc(O)c([C@H](N)C2CCN(C(=O)c3ccc(=O)[nH]c3)CC2)c(F)c1Cl. The van der Waals surface area contributed by atoms with Crippen molar-refractivity contribution in [2.75, 3.05) is 13.1 Å². The number of piperidine rings is 1. The van der Waals surface area contributed by atoms with Gasteiger partial charge in [0, 0.05) is 37.0 Å². The highest BCUT2D eigenvalue weighted by Crippen LogP contribution is 2.38. The van der Waals surface area contributed by atoms with E-state index >= 15 is 0 Å². The summed E-state index contributed by atoms with van der Waals surface area (Å²) in [6.07, 6.45) is 2.53. The van der Waals surface area contributed by atoms with Crippen molar-refractivity contribution in [1.29, 1.82) is 0 Å². The molecule has 1 aromatic heterocycles. The third-order valence-corrected chi connectivity index (χ3v) is 5.57. The molecule has 27 heavy (non-hydrogen) atoms. The fourth-order valence-electron chi connectivity index (χ4n) is 3.49. The summed E-state index contributed by atoms with van der Waals surface area (Å²) >= 11 is 5.96. The van der Waals surface area contributed by atoms with Crippen LogP contribution in [0, 0.1) is 18.7 Å². The molecule has 0 spiro atoms. The van der Waals surface area contributed by atoms with Crippen molar-refractivity contribution < 1.29 is 14.3 Å². The zero-order valence-corrected chi connectivity index (χ0v) is 15.6. The number of aromatic amines is 1. The highest BCUT2D eigenvalue weighted by atomic mass is 35.5. The number of phenols is 1. The Morgan fingerprint density at radius 2 is 2.07 bits per heavy atom. The normalized spacial score (nSPS) is 16.4. The van der Waals surface area contributed by atoms with E-state index in [1.54, 1.807) is 11.8 Å². The molecule has 144 valence electrons. The highest BCUT2D eigenvalue weighted by Gasteiger charge is 2.31. The van der Waals surface area contributed by atoms with Crippen molar-refractivity contribution in [3.05, 3.63) is 62.3 Å². The van der Waals surface area contributed by atoms with Crippen LogP contribution in [0.2, 0.25) is 5.02 Å². The molecule has 2 aromatic rings. The van der Waals surface area contributed by atoms with Crippen LogP contribution in [-0.4, -0.2) is 34.0 Å². The van der Waals surface area contributed by atoms with E-state index in [9.17, 15) is 19.1 Å². The molecule has 6 nitrogen and oxygen atoms in total. The Morgan fingerprint density at radius 1 is 1.41 bits per heavy atom. The third-order valence-electron chi connectivity index (χ3n) is 5.10. The monoisotopic (exact) mass is 393 g/mol. The second-order valence-corrected chi connectivity index (χ2v) is 7.23. The summed E-state index contributed by atoms with van der Waals surface area (Å²) in [7, 11) is 0. The number of nitrogens with two attached hydrogens (primary N) is 1. The Bertz CT molecular complexity index is 903. The number of phenolic OH excluding ortho intramolecular Hbond substituents is 1. The van der Waals surface area contributed by atoms with Crippen LogP contribution in [0.1, 0.15) is 40.4 Å². The molecule has 1 amide bonds. The van der Waals surface area contributed by atoms with Gasteiger partial charge in [0.15, 0.2) is 5.82 Å². The number of carbonyl (C=O) groups excluding carboxylic acids is 1. The number of amides is 1. The number of halogens is 2. The zero-order chi connectivity index (χ0) is 19.7. The molecule has 8 heteroatoms. The second-order valence-electron chi connectivity index (χ2n) is 6.85. The average Bonchev–Trinajstić information content (AvgIpc) is 2.66. The maximum absolute atomic E-state index is 14.5. The lowest BCUT2D eigenvalue weighted by Crippen LogP contribution is -2.41. The van der Waals surface area contributed by atoms with Crippen molar-refractivity contribution in [1.82, 2.24) is 9.88 Å². The topological polar surface area (TPSA) is 99.4 Å². The molecule has 0 radical (unpaired) electrons. The first-order valence-electron chi connectivity index (χ1n) is 8.70. The lowest BCUT2D eigenvalue weighted by Gasteiger charge is -2.35. The fraction of sp³-hybridized carbons (Fsp3) is 0.368. The predicted molar refractivity (Wildman–Crippen MR) is 100 cm³/mol. The maximum atomic E-state index is 14.5. The molecule has 1 aromatic carbocycles. The molecular weight excluding hydrogens is 373 g/mol. The number of rotatable bonds is 3. The number of nitrogens with zero attached hydrogens (tertiary/aromatic N) is 1. The van der Waals surface area contributed by atoms with Gasteiger partial charge in [0.2, 0.25) is 5.56 Å². The number of aromatic nitrogens is 1. The Hall–Kier alpha value is -2.38. The van der Waals surface area contributed by atoms with Crippen LogP contribution in [-0.2, 0) is 0 Å². The second kappa shape index (κ2) is 7.70. The van der Waals surface area contributed by atoms with Gasteiger partial charge in [-0.25, -0.2) is 4.39 Å². The van der Waals surface area contributed by atoms with E-state index in [2.05, 4.69) is 4.98 Å². The van der Waals surface area contributed by atoms with E-state index < -0.39 is 11.9 Å². The zero-order valence-electron chi connectivity index (χ0n) is 14.8. The Balaban J connectivity index is 1.70. The molecular formula is C19H21ClFN3O3. The van der Waals surface area contributed by atoms with Crippen LogP contribution in [0.15, 0.2) is 29.2 Å². The van der Waals surface area contributed by atoms with Crippen LogP contribution in [0.4, 0.5) is 4.39 Å². The first kappa shape index (κ1) is 19.4. The van der Waals surface area contributed by atoms with Gasteiger partial charge in [-0.2, -0.15) is 0 Å². The van der Waals surface area contributed by atoms with E-state index in [0.29, 0.717) is 37.1 Å². The number of aryl methyl sites for hydroxylation is 1. The Kier molecular flexibility index (Phi) is 5.53. The van der Waals surface area contributed by atoms with Gasteiger partial charge in [0.25, 0.3) is 5.91 Å². The van der Waals surface area contributed by atoms with Crippen molar-refractivity contribution in [3.8, 4) is 5.75 Å². The smallest absolute Gasteiger partial charge is 0.255 e. The number of pyridine rings is 1. The van der Waals surface area contributed by atoms with E-state index in [-0.39, 0.29) is 33.7 Å². The summed E-state index contributed by atoms with van der Waals surface area (Å²) in [4.78, 5) is 27.8. The summed E-state index contributed by atoms with van der Waals surface area (Å²) < 4.78 is 14.5. The van der Waals surface area contributed by atoms with E-state index in [4.69, 9.17) is 17.3 Å². The number of H-pyrrole nitrogens is 1. The molecule has 1 atom stereocenters. The highest BCUT2D eigenvalue weighted by molar-refractivity contribution is 6.31. The minimum atomic E-state index is -0.714. The van der Waals surface area contributed by atoms with Gasteiger partial charge >= 0.3 is 0 Å². The van der Waals surface area contributed by atoms with E-state index in [1.165, 1.54) is 24.4 Å². The number of hydrogen-bond acceptors (Lipinski definition) is 4. The molecule has 1 aliphatic heterocycles. The van der Waals surface area contributed by atoms with Gasteiger partial charge in [0.05, 0.1) is 10.6 Å². The summed E-state index contributed by atoms with van der Waals surface area (Å²) in [5.41, 5.74) is 6.85. The number of carbonyl (C=O) groups is 1. The summed E-state index contributed by atoms with van der Waals surface area (Å²) in [5, 5.41) is 10.1. The van der Waals surface area contributed by atoms with E-state index in [1.807, 2.05) is 0 Å². The van der Waals surface area contributed by atoms with Crippen LogP contribution >= 0.6 is 11.6 Å². The van der Waals surface area contributed by atoms with Gasteiger partial charge < -0.3 is 20.7 Å². The molecule has 3 rings (SSSR count). The molecule has 1 aliphatic rings. The molecule has 4 N–H and O–H groups in total. The Labute approximate surface area is 160 Å². The number of benzene rings is 1. The predicted octanol–water partition coefficient (Wildman–Crippen LogP) is 2.73. The van der Waals surface area contributed by atoms with Gasteiger partial charge in [-0.15, -0.1) is 0 Å². The van der Waals surface area contributed by atoms with Gasteiger partial charge in [-0.3, -0.25) is 9.59 Å². The molecule has 0 aliphatic carbocycles. The minimum Gasteiger partial charge on any atom is -0.507 e. The van der Waals surface area contributed by atoms with Crippen LogP contribution in [0.5, 0.6) is 5.75 Å². The Morgan fingerprint density at radius 3 is 2.67 bits per heavy atom. The first-order valence-corrected chi connectivity index (χ1v) is 9.08. The molecule has 1 saturated heterocycles. The first-order chi connectivity index (χ1) is 12.8. The van der Waals surface area contributed by atoms with Crippen LogP contribution in [0.3, 0.4) is 0 Å². The molecule has 0 bridgehead atoms. The van der Waals surface area contributed by atoms with Crippen LogP contribution < -0.4 is 11.3 Å². The lowest BCUT2D eigenvalue weighted by atomic mass is 9.85.